The van der Waals surface area contributed by atoms with Gasteiger partial charge >= 0.3 is 0 Å². The third kappa shape index (κ3) is 1.88. The SMILES string of the molecule is O[C@@H]1Cc2ccccc2[C@@H]1NC1CCSC1. The monoisotopic (exact) mass is 235 g/mol. The first kappa shape index (κ1) is 10.6. The second-order valence-corrected chi connectivity index (χ2v) is 5.82. The summed E-state index contributed by atoms with van der Waals surface area (Å²) in [4.78, 5) is 0. The Hall–Kier alpha value is -0.510. The van der Waals surface area contributed by atoms with Gasteiger partial charge in [-0.3, -0.25) is 0 Å². The van der Waals surface area contributed by atoms with Gasteiger partial charge in [-0.15, -0.1) is 0 Å². The zero-order chi connectivity index (χ0) is 11.0. The van der Waals surface area contributed by atoms with E-state index in [1.165, 1.54) is 29.1 Å². The van der Waals surface area contributed by atoms with Gasteiger partial charge in [0.2, 0.25) is 0 Å². The molecule has 3 rings (SSSR count). The van der Waals surface area contributed by atoms with E-state index in [-0.39, 0.29) is 12.1 Å². The molecule has 3 heteroatoms. The van der Waals surface area contributed by atoms with Gasteiger partial charge in [0.15, 0.2) is 0 Å². The summed E-state index contributed by atoms with van der Waals surface area (Å²) in [5, 5.41) is 13.7. The maximum absolute atomic E-state index is 10.1. The Labute approximate surface area is 100 Å². The van der Waals surface area contributed by atoms with Crippen molar-refractivity contribution in [3.63, 3.8) is 0 Å². The Morgan fingerprint density at radius 2 is 2.19 bits per heavy atom. The lowest BCUT2D eigenvalue weighted by atomic mass is 10.1. The number of rotatable bonds is 2. The Morgan fingerprint density at radius 3 is 3.00 bits per heavy atom. The predicted molar refractivity (Wildman–Crippen MR) is 67.8 cm³/mol. The fraction of sp³-hybridized carbons (Fsp3) is 0.538. The molecule has 16 heavy (non-hydrogen) atoms. The lowest BCUT2D eigenvalue weighted by Crippen LogP contribution is -2.37. The zero-order valence-corrected chi connectivity index (χ0v) is 10.0. The third-order valence-corrected chi connectivity index (χ3v) is 4.71. The van der Waals surface area contributed by atoms with Gasteiger partial charge in [0.25, 0.3) is 0 Å². The molecule has 0 bridgehead atoms. The van der Waals surface area contributed by atoms with Crippen LogP contribution in [0.2, 0.25) is 0 Å². The molecule has 1 fully saturated rings. The summed E-state index contributed by atoms with van der Waals surface area (Å²) in [7, 11) is 0. The summed E-state index contributed by atoms with van der Waals surface area (Å²) in [6.45, 7) is 0. The molecule has 2 nitrogen and oxygen atoms in total. The lowest BCUT2D eigenvalue weighted by Gasteiger charge is -2.22. The summed E-state index contributed by atoms with van der Waals surface area (Å²) in [6.07, 6.45) is 1.78. The van der Waals surface area contributed by atoms with E-state index in [1.807, 2.05) is 11.8 Å². The van der Waals surface area contributed by atoms with Crippen LogP contribution in [0.15, 0.2) is 24.3 Å². The smallest absolute Gasteiger partial charge is 0.0775 e. The fourth-order valence-electron chi connectivity index (χ4n) is 2.69. The van der Waals surface area contributed by atoms with Gasteiger partial charge < -0.3 is 10.4 Å². The van der Waals surface area contributed by atoms with Gasteiger partial charge in [-0.05, 0) is 23.3 Å². The molecule has 2 aliphatic rings. The Balaban J connectivity index is 1.79. The molecule has 1 heterocycles. The summed E-state index contributed by atoms with van der Waals surface area (Å²) < 4.78 is 0. The van der Waals surface area contributed by atoms with E-state index in [9.17, 15) is 5.11 Å². The van der Waals surface area contributed by atoms with Crippen LogP contribution in [0.5, 0.6) is 0 Å². The molecular weight excluding hydrogens is 218 g/mol. The van der Waals surface area contributed by atoms with Crippen LogP contribution in [0.1, 0.15) is 23.6 Å². The molecule has 0 spiro atoms. The van der Waals surface area contributed by atoms with Gasteiger partial charge in [0, 0.05) is 18.2 Å². The molecule has 3 atom stereocenters. The molecule has 1 saturated heterocycles. The van der Waals surface area contributed by atoms with Crippen molar-refractivity contribution < 1.29 is 5.11 Å². The Bertz CT molecular complexity index is 376. The predicted octanol–water partition coefficient (Wildman–Crippen LogP) is 1.74. The van der Waals surface area contributed by atoms with Gasteiger partial charge in [-0.2, -0.15) is 11.8 Å². The number of nitrogens with one attached hydrogen (secondary N) is 1. The van der Waals surface area contributed by atoms with Crippen LogP contribution in [0.25, 0.3) is 0 Å². The molecule has 86 valence electrons. The molecule has 1 aliphatic heterocycles. The van der Waals surface area contributed by atoms with E-state index in [0.717, 1.165) is 6.42 Å². The van der Waals surface area contributed by atoms with Crippen LogP contribution < -0.4 is 5.32 Å². The highest BCUT2D eigenvalue weighted by molar-refractivity contribution is 7.99. The van der Waals surface area contributed by atoms with Gasteiger partial charge in [0.1, 0.15) is 0 Å². The van der Waals surface area contributed by atoms with Gasteiger partial charge in [-0.1, -0.05) is 24.3 Å². The van der Waals surface area contributed by atoms with Crippen molar-refractivity contribution in [3.05, 3.63) is 35.4 Å². The molecule has 0 saturated carbocycles. The van der Waals surface area contributed by atoms with E-state index < -0.39 is 0 Å². The zero-order valence-electron chi connectivity index (χ0n) is 9.23. The summed E-state index contributed by atoms with van der Waals surface area (Å²) in [5.74, 6) is 2.44. The van der Waals surface area contributed by atoms with Crippen molar-refractivity contribution in [1.82, 2.24) is 5.32 Å². The first-order valence-corrected chi connectivity index (χ1v) is 7.10. The average molecular weight is 235 g/mol. The van der Waals surface area contributed by atoms with Crippen LogP contribution in [0.3, 0.4) is 0 Å². The van der Waals surface area contributed by atoms with Crippen molar-refractivity contribution in [3.8, 4) is 0 Å². The third-order valence-electron chi connectivity index (χ3n) is 3.55. The first-order valence-electron chi connectivity index (χ1n) is 5.94. The van der Waals surface area contributed by atoms with E-state index in [2.05, 4.69) is 29.6 Å². The second-order valence-electron chi connectivity index (χ2n) is 4.68. The highest BCUT2D eigenvalue weighted by Crippen LogP contribution is 2.32. The number of aliphatic hydroxyl groups is 1. The maximum atomic E-state index is 10.1. The number of hydrogen-bond donors (Lipinski definition) is 2. The maximum Gasteiger partial charge on any atom is 0.0775 e. The van der Waals surface area contributed by atoms with Crippen molar-refractivity contribution in [2.24, 2.45) is 0 Å². The van der Waals surface area contributed by atoms with Crippen LogP contribution >= 0.6 is 11.8 Å². The van der Waals surface area contributed by atoms with E-state index in [4.69, 9.17) is 0 Å². The van der Waals surface area contributed by atoms with Crippen molar-refractivity contribution in [1.29, 1.82) is 0 Å². The molecule has 1 aromatic rings. The van der Waals surface area contributed by atoms with Gasteiger partial charge in [0.05, 0.1) is 12.1 Å². The lowest BCUT2D eigenvalue weighted by molar-refractivity contribution is 0.136. The van der Waals surface area contributed by atoms with E-state index in [1.54, 1.807) is 0 Å². The molecule has 1 unspecified atom stereocenters. The minimum atomic E-state index is -0.247. The summed E-state index contributed by atoms with van der Waals surface area (Å²) >= 11 is 2.00. The molecule has 1 aromatic carbocycles. The minimum Gasteiger partial charge on any atom is -0.391 e. The van der Waals surface area contributed by atoms with Gasteiger partial charge in [-0.25, -0.2) is 0 Å². The fourth-order valence-corrected chi connectivity index (χ4v) is 3.86. The van der Waals surface area contributed by atoms with Crippen molar-refractivity contribution in [2.75, 3.05) is 11.5 Å². The van der Waals surface area contributed by atoms with Crippen molar-refractivity contribution >= 4 is 11.8 Å². The number of thioether (sulfide) groups is 1. The number of aliphatic hydroxyl groups excluding tert-OH is 1. The summed E-state index contributed by atoms with van der Waals surface area (Å²) in [6, 6.07) is 9.12. The van der Waals surface area contributed by atoms with Crippen LogP contribution in [-0.2, 0) is 6.42 Å². The molecule has 2 N–H and O–H groups in total. The number of benzene rings is 1. The number of hydrogen-bond acceptors (Lipinski definition) is 3. The molecular formula is C13H17NOS. The van der Waals surface area contributed by atoms with Crippen LogP contribution in [-0.4, -0.2) is 28.8 Å². The normalized spacial score (nSPS) is 32.9. The highest BCUT2D eigenvalue weighted by Gasteiger charge is 2.32. The van der Waals surface area contributed by atoms with Crippen molar-refractivity contribution in [2.45, 2.75) is 31.0 Å². The standard InChI is InChI=1S/C13H17NOS/c15-12-7-9-3-1-2-4-11(9)13(12)14-10-5-6-16-8-10/h1-4,10,12-15H,5-8H2/t10?,12-,13+/m1/s1. The quantitative estimate of drug-likeness (QED) is 0.819. The Morgan fingerprint density at radius 1 is 1.31 bits per heavy atom. The largest absolute Gasteiger partial charge is 0.391 e. The van der Waals surface area contributed by atoms with E-state index >= 15 is 0 Å². The number of fused-ring (bicyclic) bond motifs is 1. The van der Waals surface area contributed by atoms with Crippen LogP contribution in [0, 0.1) is 0 Å². The highest BCUT2D eigenvalue weighted by atomic mass is 32.2. The second kappa shape index (κ2) is 4.40. The molecule has 0 amide bonds. The molecule has 1 aliphatic carbocycles. The van der Waals surface area contributed by atoms with Crippen LogP contribution in [0.4, 0.5) is 0 Å². The minimum absolute atomic E-state index is 0.153. The average Bonchev–Trinajstić information content (AvgIpc) is 2.89. The summed E-state index contributed by atoms with van der Waals surface area (Å²) in [5.41, 5.74) is 2.60. The first-order chi connectivity index (χ1) is 7.84. The Kier molecular flexibility index (Phi) is 2.92. The molecule has 0 aromatic heterocycles. The molecule has 0 radical (unpaired) electrons. The van der Waals surface area contributed by atoms with E-state index in [0.29, 0.717) is 6.04 Å². The topological polar surface area (TPSA) is 32.3 Å².